The molecule has 1 heterocycles. The first-order chi connectivity index (χ1) is 15.1. The van der Waals surface area contributed by atoms with Crippen LogP contribution in [0.25, 0.3) is 0 Å². The zero-order valence-corrected chi connectivity index (χ0v) is 18.5. The lowest BCUT2D eigenvalue weighted by atomic mass is 9.72. The summed E-state index contributed by atoms with van der Waals surface area (Å²) < 4.78 is 10.9. The summed E-state index contributed by atoms with van der Waals surface area (Å²) in [5, 5.41) is 13.2. The topological polar surface area (TPSA) is 41.9 Å². The fraction of sp³-hybridized carbons (Fsp3) is 0.308. The Balaban J connectivity index is 1.84. The van der Waals surface area contributed by atoms with Gasteiger partial charge in [-0.1, -0.05) is 66.2 Å². The average Bonchev–Trinajstić information content (AvgIpc) is 2.84. The minimum absolute atomic E-state index is 0.210. The van der Waals surface area contributed by atoms with Crippen molar-refractivity contribution < 1.29 is 14.6 Å². The molecule has 0 unspecified atom stereocenters. The van der Waals surface area contributed by atoms with Gasteiger partial charge in [0.1, 0.15) is 11.4 Å². The highest BCUT2D eigenvalue weighted by Crippen LogP contribution is 2.43. The summed E-state index contributed by atoms with van der Waals surface area (Å²) in [4.78, 5) is 2.36. The third-order valence-corrected chi connectivity index (χ3v) is 6.32. The van der Waals surface area contributed by atoms with Gasteiger partial charge in [-0.05, 0) is 41.0 Å². The van der Waals surface area contributed by atoms with E-state index in [1.807, 2.05) is 78.9 Å². The summed E-state index contributed by atoms with van der Waals surface area (Å²) in [5.41, 5.74) is 1.48. The molecule has 0 aliphatic carbocycles. The third kappa shape index (κ3) is 4.78. The number of morpholine rings is 1. The largest absolute Gasteiger partial charge is 0.497 e. The summed E-state index contributed by atoms with van der Waals surface area (Å²) in [6.07, 6.45) is 0. The van der Waals surface area contributed by atoms with Gasteiger partial charge >= 0.3 is 0 Å². The molecule has 2 atom stereocenters. The molecule has 1 aliphatic rings. The van der Waals surface area contributed by atoms with Crippen LogP contribution in [0.15, 0.2) is 78.9 Å². The maximum absolute atomic E-state index is 12.5. The maximum atomic E-state index is 12.5. The molecule has 0 spiro atoms. The van der Waals surface area contributed by atoms with E-state index in [2.05, 4.69) is 4.90 Å². The molecule has 0 bridgehead atoms. The molecule has 1 fully saturated rings. The van der Waals surface area contributed by atoms with Crippen LogP contribution < -0.4 is 4.74 Å². The predicted molar refractivity (Wildman–Crippen MR) is 124 cm³/mol. The molecule has 1 saturated heterocycles. The van der Waals surface area contributed by atoms with Gasteiger partial charge in [-0.15, -0.1) is 0 Å². The first kappa shape index (κ1) is 21.8. The maximum Gasteiger partial charge on any atom is 0.123 e. The van der Waals surface area contributed by atoms with Gasteiger partial charge in [0.15, 0.2) is 0 Å². The van der Waals surface area contributed by atoms with Crippen molar-refractivity contribution in [2.24, 2.45) is 0 Å². The zero-order valence-electron chi connectivity index (χ0n) is 17.7. The lowest BCUT2D eigenvalue weighted by Gasteiger charge is -2.41. The first-order valence-electron chi connectivity index (χ1n) is 10.6. The van der Waals surface area contributed by atoms with Crippen molar-refractivity contribution in [2.75, 3.05) is 40.0 Å². The van der Waals surface area contributed by atoms with Crippen molar-refractivity contribution in [2.45, 2.75) is 11.5 Å². The Morgan fingerprint density at radius 1 is 0.935 bits per heavy atom. The van der Waals surface area contributed by atoms with Crippen LogP contribution in [-0.4, -0.2) is 50.0 Å². The third-order valence-electron chi connectivity index (χ3n) is 6.07. The Kier molecular flexibility index (Phi) is 6.93. The Labute approximate surface area is 189 Å². The predicted octanol–water partition coefficient (Wildman–Crippen LogP) is 4.70. The number of nitrogens with zero attached hydrogens (tertiary/aromatic N) is 1. The zero-order chi connectivity index (χ0) is 21.7. The summed E-state index contributed by atoms with van der Waals surface area (Å²) >= 11 is 6.19. The summed E-state index contributed by atoms with van der Waals surface area (Å²) in [6.45, 7) is 3.80. The van der Waals surface area contributed by atoms with E-state index in [9.17, 15) is 5.11 Å². The van der Waals surface area contributed by atoms with Crippen LogP contribution in [-0.2, 0) is 10.3 Å². The first-order valence-corrected chi connectivity index (χ1v) is 11.0. The SMILES string of the molecule is COc1ccc([C@@](O)(c2ccccc2)[C@H](CN2CCOCC2)c2ccc(Cl)cc2)cc1. The van der Waals surface area contributed by atoms with E-state index in [1.165, 1.54) is 0 Å². The van der Waals surface area contributed by atoms with Gasteiger partial charge in [0.05, 0.1) is 20.3 Å². The number of methoxy groups -OCH3 is 1. The minimum atomic E-state index is -1.24. The van der Waals surface area contributed by atoms with Gasteiger partial charge in [0, 0.05) is 30.6 Å². The molecule has 0 radical (unpaired) electrons. The molecule has 3 aromatic carbocycles. The van der Waals surface area contributed by atoms with Crippen LogP contribution >= 0.6 is 11.6 Å². The van der Waals surface area contributed by atoms with Crippen LogP contribution in [0, 0.1) is 0 Å². The van der Waals surface area contributed by atoms with E-state index in [-0.39, 0.29) is 5.92 Å². The van der Waals surface area contributed by atoms with E-state index in [4.69, 9.17) is 21.1 Å². The highest BCUT2D eigenvalue weighted by molar-refractivity contribution is 6.30. The second-order valence-electron chi connectivity index (χ2n) is 7.88. The van der Waals surface area contributed by atoms with Gasteiger partial charge in [0.25, 0.3) is 0 Å². The van der Waals surface area contributed by atoms with Gasteiger partial charge in [-0.25, -0.2) is 0 Å². The van der Waals surface area contributed by atoms with E-state index < -0.39 is 5.60 Å². The van der Waals surface area contributed by atoms with Crippen molar-refractivity contribution >= 4 is 11.6 Å². The van der Waals surface area contributed by atoms with E-state index >= 15 is 0 Å². The molecule has 5 heteroatoms. The molecule has 0 saturated carbocycles. The number of aliphatic hydroxyl groups is 1. The lowest BCUT2D eigenvalue weighted by Crippen LogP contribution is -2.45. The average molecular weight is 438 g/mol. The molecule has 1 N–H and O–H groups in total. The molecule has 4 nitrogen and oxygen atoms in total. The smallest absolute Gasteiger partial charge is 0.123 e. The Hall–Kier alpha value is -2.37. The van der Waals surface area contributed by atoms with Crippen LogP contribution in [0.2, 0.25) is 5.02 Å². The molecule has 1 aliphatic heterocycles. The van der Waals surface area contributed by atoms with Gasteiger partial charge in [-0.2, -0.15) is 0 Å². The van der Waals surface area contributed by atoms with Gasteiger partial charge in [-0.3, -0.25) is 4.90 Å². The molecule has 4 rings (SSSR count). The molecular weight excluding hydrogens is 410 g/mol. The molecule has 3 aromatic rings. The lowest BCUT2D eigenvalue weighted by molar-refractivity contribution is 0.000753. The van der Waals surface area contributed by atoms with Crippen molar-refractivity contribution in [3.05, 3.63) is 101 Å². The van der Waals surface area contributed by atoms with E-state index in [1.54, 1.807) is 7.11 Å². The quantitative estimate of drug-likeness (QED) is 0.581. The van der Waals surface area contributed by atoms with Gasteiger partial charge in [0.2, 0.25) is 0 Å². The molecule has 0 amide bonds. The van der Waals surface area contributed by atoms with Crippen molar-refractivity contribution in [3.8, 4) is 5.75 Å². The van der Waals surface area contributed by atoms with Crippen LogP contribution in [0.1, 0.15) is 22.6 Å². The summed E-state index contributed by atoms with van der Waals surface area (Å²) in [7, 11) is 1.65. The van der Waals surface area contributed by atoms with Crippen molar-refractivity contribution in [1.29, 1.82) is 0 Å². The Morgan fingerprint density at radius 3 is 2.16 bits per heavy atom. The van der Waals surface area contributed by atoms with Crippen LogP contribution in [0.4, 0.5) is 0 Å². The van der Waals surface area contributed by atoms with Crippen LogP contribution in [0.5, 0.6) is 5.75 Å². The second-order valence-corrected chi connectivity index (χ2v) is 8.31. The minimum Gasteiger partial charge on any atom is -0.497 e. The Bertz CT molecular complexity index is 956. The molecule has 31 heavy (non-hydrogen) atoms. The summed E-state index contributed by atoms with van der Waals surface area (Å²) in [6, 6.07) is 25.4. The normalized spacial score (nSPS) is 17.6. The number of hydrogen-bond donors (Lipinski definition) is 1. The fourth-order valence-corrected chi connectivity index (χ4v) is 4.45. The van der Waals surface area contributed by atoms with Gasteiger partial charge < -0.3 is 14.6 Å². The number of halogens is 1. The van der Waals surface area contributed by atoms with E-state index in [0.717, 1.165) is 35.5 Å². The second kappa shape index (κ2) is 9.84. The van der Waals surface area contributed by atoms with Crippen LogP contribution in [0.3, 0.4) is 0 Å². The fourth-order valence-electron chi connectivity index (χ4n) is 4.32. The monoisotopic (exact) mass is 437 g/mol. The number of ether oxygens (including phenoxy) is 2. The standard InChI is InChI=1S/C26H28ClNO3/c1-30-24-13-9-22(10-14-24)26(29,21-5-3-2-4-6-21)25(19-28-15-17-31-18-16-28)20-7-11-23(27)12-8-20/h2-14,25,29H,15-19H2,1H3/t25-,26+/m1/s1. The number of hydrogen-bond acceptors (Lipinski definition) is 4. The summed E-state index contributed by atoms with van der Waals surface area (Å²) in [5.74, 6) is 0.550. The highest BCUT2D eigenvalue weighted by atomic mass is 35.5. The van der Waals surface area contributed by atoms with Crippen molar-refractivity contribution in [1.82, 2.24) is 4.90 Å². The number of benzene rings is 3. The Morgan fingerprint density at radius 2 is 1.55 bits per heavy atom. The molecular formula is C26H28ClNO3. The van der Waals surface area contributed by atoms with E-state index in [0.29, 0.717) is 24.8 Å². The number of rotatable bonds is 7. The van der Waals surface area contributed by atoms with Crippen molar-refractivity contribution in [3.63, 3.8) is 0 Å². The molecule has 162 valence electrons. The highest BCUT2D eigenvalue weighted by Gasteiger charge is 2.42. The molecule has 0 aromatic heterocycles.